The number of carbonyl (C=O) groups excluding carboxylic acids is 1. The van der Waals surface area contributed by atoms with Crippen molar-refractivity contribution in [1.29, 1.82) is 0 Å². The molecule has 2 aromatic rings. The summed E-state index contributed by atoms with van der Waals surface area (Å²) in [6, 6.07) is 2.46. The third-order valence-corrected chi connectivity index (χ3v) is 3.98. The standard InChI is InChI=1S/C16H19N3O/c1-12-7-13(9-17-8-12)16-14(11-20)10-19(18-16)15-5-3-2-4-6-15/h7-11,15H,2-6H2,1H3. The number of aryl methyl sites for hydroxylation is 1. The van der Waals surface area contributed by atoms with E-state index in [-0.39, 0.29) is 0 Å². The Balaban J connectivity index is 1.98. The van der Waals surface area contributed by atoms with Crippen LogP contribution in [-0.4, -0.2) is 21.1 Å². The second-order valence-corrected chi connectivity index (χ2v) is 5.57. The molecule has 4 nitrogen and oxygen atoms in total. The van der Waals surface area contributed by atoms with E-state index in [1.54, 1.807) is 6.20 Å². The van der Waals surface area contributed by atoms with Crippen molar-refractivity contribution < 1.29 is 4.79 Å². The first-order valence-electron chi connectivity index (χ1n) is 7.24. The summed E-state index contributed by atoms with van der Waals surface area (Å²) >= 11 is 0. The van der Waals surface area contributed by atoms with Crippen molar-refractivity contribution in [2.24, 2.45) is 0 Å². The number of hydrogen-bond donors (Lipinski definition) is 0. The van der Waals surface area contributed by atoms with Crippen LogP contribution in [0, 0.1) is 6.92 Å². The molecule has 0 bridgehead atoms. The molecule has 0 aromatic carbocycles. The van der Waals surface area contributed by atoms with Crippen LogP contribution in [0.3, 0.4) is 0 Å². The summed E-state index contributed by atoms with van der Waals surface area (Å²) in [7, 11) is 0. The van der Waals surface area contributed by atoms with Gasteiger partial charge in [0, 0.05) is 24.2 Å². The predicted molar refractivity (Wildman–Crippen MR) is 77.7 cm³/mol. The zero-order valence-corrected chi connectivity index (χ0v) is 11.7. The normalized spacial score (nSPS) is 16.2. The minimum Gasteiger partial charge on any atom is -0.298 e. The molecule has 1 aliphatic rings. The first-order chi connectivity index (χ1) is 9.78. The van der Waals surface area contributed by atoms with E-state index in [9.17, 15) is 4.79 Å². The average Bonchev–Trinajstić information content (AvgIpc) is 2.92. The lowest BCUT2D eigenvalue weighted by molar-refractivity contribution is 0.112. The highest BCUT2D eigenvalue weighted by atomic mass is 16.1. The van der Waals surface area contributed by atoms with Crippen LogP contribution in [0.4, 0.5) is 0 Å². The molecule has 0 spiro atoms. The summed E-state index contributed by atoms with van der Waals surface area (Å²) in [5.74, 6) is 0. The number of aromatic nitrogens is 3. The van der Waals surface area contributed by atoms with E-state index in [0.717, 1.165) is 35.9 Å². The van der Waals surface area contributed by atoms with Gasteiger partial charge >= 0.3 is 0 Å². The lowest BCUT2D eigenvalue weighted by Gasteiger charge is -2.21. The van der Waals surface area contributed by atoms with Gasteiger partial charge in [0.15, 0.2) is 6.29 Å². The molecule has 0 saturated heterocycles. The van der Waals surface area contributed by atoms with E-state index < -0.39 is 0 Å². The molecule has 4 heteroatoms. The summed E-state index contributed by atoms with van der Waals surface area (Å²) in [5.41, 5.74) is 3.40. The third-order valence-electron chi connectivity index (χ3n) is 3.98. The molecule has 2 aromatic heterocycles. The third kappa shape index (κ3) is 2.50. The molecule has 0 amide bonds. The maximum Gasteiger partial charge on any atom is 0.153 e. The summed E-state index contributed by atoms with van der Waals surface area (Å²) in [6.45, 7) is 2.00. The number of nitrogens with zero attached hydrogens (tertiary/aromatic N) is 3. The van der Waals surface area contributed by atoms with Gasteiger partial charge in [-0.1, -0.05) is 19.3 Å². The first kappa shape index (κ1) is 13.0. The predicted octanol–water partition coefficient (Wildman–Crippen LogP) is 3.57. The van der Waals surface area contributed by atoms with Gasteiger partial charge in [0.25, 0.3) is 0 Å². The van der Waals surface area contributed by atoms with Crippen LogP contribution in [0.25, 0.3) is 11.3 Å². The van der Waals surface area contributed by atoms with E-state index in [1.165, 1.54) is 19.3 Å². The van der Waals surface area contributed by atoms with E-state index >= 15 is 0 Å². The average molecular weight is 269 g/mol. The lowest BCUT2D eigenvalue weighted by Crippen LogP contribution is -2.13. The Bertz CT molecular complexity index is 612. The number of rotatable bonds is 3. The van der Waals surface area contributed by atoms with E-state index in [0.29, 0.717) is 11.6 Å². The summed E-state index contributed by atoms with van der Waals surface area (Å²) in [4.78, 5) is 15.5. The molecule has 1 saturated carbocycles. The highest BCUT2D eigenvalue weighted by Crippen LogP contribution is 2.30. The van der Waals surface area contributed by atoms with Gasteiger partial charge in [-0.2, -0.15) is 5.10 Å². The van der Waals surface area contributed by atoms with E-state index in [1.807, 2.05) is 30.1 Å². The van der Waals surface area contributed by atoms with Crippen LogP contribution in [0.2, 0.25) is 0 Å². The number of aldehydes is 1. The minimum atomic E-state index is 0.439. The molecule has 104 valence electrons. The van der Waals surface area contributed by atoms with Crippen LogP contribution >= 0.6 is 0 Å². The van der Waals surface area contributed by atoms with Gasteiger partial charge < -0.3 is 0 Å². The topological polar surface area (TPSA) is 47.8 Å². The Kier molecular flexibility index (Phi) is 3.63. The summed E-state index contributed by atoms with van der Waals surface area (Å²) in [5, 5.41) is 4.66. The maximum atomic E-state index is 11.3. The SMILES string of the molecule is Cc1cncc(-c2nn(C3CCCCC3)cc2C=O)c1. The van der Waals surface area contributed by atoms with Crippen LogP contribution < -0.4 is 0 Å². The molecular formula is C16H19N3O. The van der Waals surface area contributed by atoms with Gasteiger partial charge in [-0.25, -0.2) is 0 Å². The molecule has 1 aliphatic carbocycles. The number of hydrogen-bond acceptors (Lipinski definition) is 3. The first-order valence-corrected chi connectivity index (χ1v) is 7.24. The van der Waals surface area contributed by atoms with Gasteiger partial charge in [-0.15, -0.1) is 0 Å². The molecule has 0 N–H and O–H groups in total. The molecule has 0 atom stereocenters. The molecule has 20 heavy (non-hydrogen) atoms. The zero-order chi connectivity index (χ0) is 13.9. The van der Waals surface area contributed by atoms with Gasteiger partial charge in [-0.05, 0) is 31.4 Å². The Labute approximate surface area is 118 Å². The molecule has 2 heterocycles. The molecule has 0 unspecified atom stereocenters. The van der Waals surface area contributed by atoms with Gasteiger partial charge in [-0.3, -0.25) is 14.5 Å². The van der Waals surface area contributed by atoms with Crippen molar-refractivity contribution in [3.8, 4) is 11.3 Å². The smallest absolute Gasteiger partial charge is 0.153 e. The maximum absolute atomic E-state index is 11.3. The number of pyridine rings is 1. The molecule has 1 fully saturated rings. The Morgan fingerprint density at radius 3 is 2.75 bits per heavy atom. The van der Waals surface area contributed by atoms with Crippen LogP contribution in [-0.2, 0) is 0 Å². The van der Waals surface area contributed by atoms with Gasteiger partial charge in [0.2, 0.25) is 0 Å². The summed E-state index contributed by atoms with van der Waals surface area (Å²) < 4.78 is 1.99. The van der Waals surface area contributed by atoms with Crippen LogP contribution in [0.1, 0.15) is 54.1 Å². The Morgan fingerprint density at radius 2 is 2.05 bits per heavy atom. The highest BCUT2D eigenvalue weighted by Gasteiger charge is 2.19. The van der Waals surface area contributed by atoms with Gasteiger partial charge in [0.1, 0.15) is 5.69 Å². The van der Waals surface area contributed by atoms with Crippen LogP contribution in [0.5, 0.6) is 0 Å². The fourth-order valence-corrected chi connectivity index (χ4v) is 2.93. The fourth-order valence-electron chi connectivity index (χ4n) is 2.93. The van der Waals surface area contributed by atoms with Crippen molar-refractivity contribution in [2.45, 2.75) is 45.1 Å². The number of carbonyl (C=O) groups is 1. The summed E-state index contributed by atoms with van der Waals surface area (Å²) in [6.07, 6.45) is 12.5. The second-order valence-electron chi connectivity index (χ2n) is 5.57. The van der Waals surface area contributed by atoms with E-state index in [4.69, 9.17) is 0 Å². The van der Waals surface area contributed by atoms with Crippen LogP contribution in [0.15, 0.2) is 24.7 Å². The quantitative estimate of drug-likeness (QED) is 0.800. The van der Waals surface area contributed by atoms with Crippen molar-refractivity contribution >= 4 is 6.29 Å². The zero-order valence-electron chi connectivity index (χ0n) is 11.7. The monoisotopic (exact) mass is 269 g/mol. The fraction of sp³-hybridized carbons (Fsp3) is 0.438. The minimum absolute atomic E-state index is 0.439. The lowest BCUT2D eigenvalue weighted by atomic mass is 9.96. The van der Waals surface area contributed by atoms with Crippen molar-refractivity contribution in [1.82, 2.24) is 14.8 Å². The van der Waals surface area contributed by atoms with E-state index in [2.05, 4.69) is 10.1 Å². The molecule has 0 radical (unpaired) electrons. The van der Waals surface area contributed by atoms with Gasteiger partial charge in [0.05, 0.1) is 11.6 Å². The van der Waals surface area contributed by atoms with Crippen molar-refractivity contribution in [2.75, 3.05) is 0 Å². The Morgan fingerprint density at radius 1 is 1.25 bits per heavy atom. The van der Waals surface area contributed by atoms with Crippen molar-refractivity contribution in [3.63, 3.8) is 0 Å². The molecular weight excluding hydrogens is 250 g/mol. The highest BCUT2D eigenvalue weighted by molar-refractivity contribution is 5.85. The Hall–Kier alpha value is -1.97. The van der Waals surface area contributed by atoms with Crippen molar-refractivity contribution in [3.05, 3.63) is 35.8 Å². The molecule has 3 rings (SSSR count). The second kappa shape index (κ2) is 5.57. The molecule has 0 aliphatic heterocycles. The largest absolute Gasteiger partial charge is 0.298 e.